The molecule has 0 aliphatic heterocycles. The molecule has 0 atom stereocenters. The molecule has 0 unspecified atom stereocenters. The van der Waals surface area contributed by atoms with Crippen LogP contribution in [0.25, 0.3) is 22.3 Å². The summed E-state index contributed by atoms with van der Waals surface area (Å²) >= 11 is 0. The van der Waals surface area contributed by atoms with Gasteiger partial charge in [0.05, 0.1) is 6.61 Å². The van der Waals surface area contributed by atoms with Crippen molar-refractivity contribution in [2.45, 2.75) is 46.0 Å². The van der Waals surface area contributed by atoms with Crippen LogP contribution in [0.5, 0.6) is 5.75 Å². The summed E-state index contributed by atoms with van der Waals surface area (Å²) in [4.78, 5) is 0. The number of hydrogen-bond donors (Lipinski definition) is 0. The van der Waals surface area contributed by atoms with Crippen LogP contribution in [-0.4, -0.2) is 6.61 Å². The summed E-state index contributed by atoms with van der Waals surface area (Å²) < 4.78 is 64.2. The molecular weight excluding hydrogens is 476 g/mol. The molecule has 0 radical (unpaired) electrons. The van der Waals surface area contributed by atoms with Crippen LogP contribution < -0.4 is 4.74 Å². The maximum atomic E-state index is 15.0. The fourth-order valence-corrected chi connectivity index (χ4v) is 4.35. The van der Waals surface area contributed by atoms with Crippen molar-refractivity contribution in [2.24, 2.45) is 0 Å². The molecule has 0 fully saturated rings. The lowest BCUT2D eigenvalue weighted by molar-refractivity contribution is 0.295. The highest BCUT2D eigenvalue weighted by Gasteiger charge is 2.18. The number of halogens is 4. The number of hydrogen-bond acceptors (Lipinski definition) is 1. The monoisotopic (exact) mass is 506 g/mol. The average Bonchev–Trinajstić information content (AvgIpc) is 2.92. The summed E-state index contributed by atoms with van der Waals surface area (Å²) in [7, 11) is 0. The van der Waals surface area contributed by atoms with E-state index in [0.29, 0.717) is 36.0 Å². The first-order valence-corrected chi connectivity index (χ1v) is 12.7. The summed E-state index contributed by atoms with van der Waals surface area (Å²) in [6.07, 6.45) is 3.78. The van der Waals surface area contributed by atoms with E-state index in [0.717, 1.165) is 18.4 Å². The molecule has 4 rings (SSSR count). The van der Waals surface area contributed by atoms with Crippen LogP contribution in [0.4, 0.5) is 17.6 Å². The number of aryl methyl sites for hydroxylation is 3. The van der Waals surface area contributed by atoms with E-state index in [1.807, 2.05) is 19.1 Å². The Morgan fingerprint density at radius 2 is 1.05 bits per heavy atom. The van der Waals surface area contributed by atoms with Gasteiger partial charge in [-0.2, -0.15) is 4.39 Å². The average molecular weight is 507 g/mol. The van der Waals surface area contributed by atoms with Gasteiger partial charge >= 0.3 is 0 Å². The quantitative estimate of drug-likeness (QED) is 0.195. The minimum atomic E-state index is -1.05. The Balaban J connectivity index is 1.50. The zero-order valence-electron chi connectivity index (χ0n) is 21.1. The lowest BCUT2D eigenvalue weighted by Crippen LogP contribution is -2.01. The molecule has 0 heterocycles. The van der Waals surface area contributed by atoms with E-state index in [1.165, 1.54) is 17.7 Å². The normalized spacial score (nSPS) is 11.1. The van der Waals surface area contributed by atoms with Crippen molar-refractivity contribution in [3.8, 4) is 28.0 Å². The minimum absolute atomic E-state index is 0.0672. The SMILES string of the molecule is CCCOc1ccc(-c2ccc(-c3ccc(CCc4ccc(CCC)cc4)c(F)c3F)cc2)c(F)c1F. The van der Waals surface area contributed by atoms with E-state index >= 15 is 0 Å². The van der Waals surface area contributed by atoms with Gasteiger partial charge in [0, 0.05) is 11.1 Å². The van der Waals surface area contributed by atoms with Crippen molar-refractivity contribution >= 4 is 0 Å². The van der Waals surface area contributed by atoms with Crippen LogP contribution in [0, 0.1) is 23.3 Å². The smallest absolute Gasteiger partial charge is 0.201 e. The van der Waals surface area contributed by atoms with E-state index < -0.39 is 23.3 Å². The first-order valence-electron chi connectivity index (χ1n) is 12.7. The van der Waals surface area contributed by atoms with E-state index in [4.69, 9.17) is 4.74 Å². The minimum Gasteiger partial charge on any atom is -0.490 e. The van der Waals surface area contributed by atoms with Gasteiger partial charge in [-0.3, -0.25) is 0 Å². The molecule has 4 aromatic rings. The van der Waals surface area contributed by atoms with Crippen molar-refractivity contribution in [1.82, 2.24) is 0 Å². The summed E-state index contributed by atoms with van der Waals surface area (Å²) in [5.41, 5.74) is 3.71. The third-order valence-electron chi connectivity index (χ3n) is 6.42. The molecular formula is C32H30F4O. The Morgan fingerprint density at radius 1 is 0.514 bits per heavy atom. The van der Waals surface area contributed by atoms with Crippen LogP contribution in [0.3, 0.4) is 0 Å². The second kappa shape index (κ2) is 12.1. The molecule has 0 aromatic heterocycles. The zero-order valence-corrected chi connectivity index (χ0v) is 21.1. The van der Waals surface area contributed by atoms with Gasteiger partial charge in [-0.15, -0.1) is 0 Å². The molecule has 1 nitrogen and oxygen atoms in total. The van der Waals surface area contributed by atoms with Crippen molar-refractivity contribution in [3.05, 3.63) is 113 Å². The maximum absolute atomic E-state index is 15.0. The van der Waals surface area contributed by atoms with E-state index in [2.05, 4.69) is 19.1 Å². The van der Waals surface area contributed by atoms with Gasteiger partial charge in [-0.25, -0.2) is 13.2 Å². The summed E-state index contributed by atoms with van der Waals surface area (Å²) in [5.74, 6) is -3.97. The first kappa shape index (κ1) is 26.5. The summed E-state index contributed by atoms with van der Waals surface area (Å²) in [6.45, 7) is 4.30. The molecule has 37 heavy (non-hydrogen) atoms. The van der Waals surface area contributed by atoms with Crippen molar-refractivity contribution in [1.29, 1.82) is 0 Å². The van der Waals surface area contributed by atoms with Crippen LogP contribution in [0.2, 0.25) is 0 Å². The molecule has 0 aliphatic rings. The van der Waals surface area contributed by atoms with Crippen molar-refractivity contribution in [3.63, 3.8) is 0 Å². The molecule has 0 saturated heterocycles. The van der Waals surface area contributed by atoms with Crippen molar-refractivity contribution in [2.75, 3.05) is 6.61 Å². The van der Waals surface area contributed by atoms with Gasteiger partial charge in [0.25, 0.3) is 0 Å². The predicted octanol–water partition coefficient (Wildman–Crippen LogP) is 9.10. The molecule has 192 valence electrons. The third-order valence-corrected chi connectivity index (χ3v) is 6.42. The van der Waals surface area contributed by atoms with Gasteiger partial charge in [0.15, 0.2) is 23.2 Å². The Morgan fingerprint density at radius 3 is 1.62 bits per heavy atom. The number of ether oxygens (including phenoxy) is 1. The Labute approximate surface area is 215 Å². The largest absolute Gasteiger partial charge is 0.490 e. The zero-order chi connectivity index (χ0) is 26.4. The van der Waals surface area contributed by atoms with Gasteiger partial charge in [0.1, 0.15) is 0 Å². The molecule has 0 spiro atoms. The third kappa shape index (κ3) is 6.04. The lowest BCUT2D eigenvalue weighted by atomic mass is 9.96. The van der Waals surface area contributed by atoms with Crippen LogP contribution in [0.15, 0.2) is 72.8 Å². The van der Waals surface area contributed by atoms with Gasteiger partial charge in [-0.05, 0) is 65.6 Å². The summed E-state index contributed by atoms with van der Waals surface area (Å²) in [6, 6.07) is 20.5. The molecule has 0 aliphatic carbocycles. The van der Waals surface area contributed by atoms with Gasteiger partial charge in [0.2, 0.25) is 5.82 Å². The fraction of sp³-hybridized carbons (Fsp3) is 0.250. The van der Waals surface area contributed by atoms with E-state index in [1.54, 1.807) is 36.4 Å². The fourth-order valence-electron chi connectivity index (χ4n) is 4.35. The number of benzene rings is 4. The van der Waals surface area contributed by atoms with E-state index in [-0.39, 0.29) is 23.5 Å². The van der Waals surface area contributed by atoms with Crippen LogP contribution in [0.1, 0.15) is 43.4 Å². The number of rotatable bonds is 10. The second-order valence-corrected chi connectivity index (χ2v) is 9.13. The molecule has 0 amide bonds. The topological polar surface area (TPSA) is 9.23 Å². The van der Waals surface area contributed by atoms with Gasteiger partial charge in [-0.1, -0.05) is 80.9 Å². The Kier molecular flexibility index (Phi) is 8.65. The highest BCUT2D eigenvalue weighted by molar-refractivity contribution is 5.71. The van der Waals surface area contributed by atoms with Gasteiger partial charge < -0.3 is 4.74 Å². The van der Waals surface area contributed by atoms with Crippen LogP contribution >= 0.6 is 0 Å². The maximum Gasteiger partial charge on any atom is 0.201 e. The molecule has 5 heteroatoms. The van der Waals surface area contributed by atoms with Crippen molar-refractivity contribution < 1.29 is 22.3 Å². The lowest BCUT2D eigenvalue weighted by Gasteiger charge is -2.12. The first-order chi connectivity index (χ1) is 17.9. The second-order valence-electron chi connectivity index (χ2n) is 9.13. The highest BCUT2D eigenvalue weighted by Crippen LogP contribution is 2.33. The van der Waals surface area contributed by atoms with Crippen LogP contribution in [-0.2, 0) is 19.3 Å². The molecule has 0 bridgehead atoms. The molecule has 0 saturated carbocycles. The highest BCUT2D eigenvalue weighted by atomic mass is 19.2. The Bertz CT molecular complexity index is 1350. The van der Waals surface area contributed by atoms with E-state index in [9.17, 15) is 17.6 Å². The predicted molar refractivity (Wildman–Crippen MR) is 141 cm³/mol. The standard InChI is InChI=1S/C32H30F4O/c1-3-5-21-6-8-22(9-7-21)10-11-25-16-17-26(30(34)29(25)33)23-12-14-24(15-13-23)27-18-19-28(37-20-4-2)32(36)31(27)35/h6-9,12-19H,3-5,10-11,20H2,1-2H3. The Hall–Kier alpha value is -3.60. The molecule has 0 N–H and O–H groups in total. The molecule has 4 aromatic carbocycles. The summed E-state index contributed by atoms with van der Waals surface area (Å²) in [5, 5.41) is 0.